The molecule has 7 nitrogen and oxygen atoms in total. The Morgan fingerprint density at radius 2 is 1.88 bits per heavy atom. The van der Waals surface area contributed by atoms with Gasteiger partial charge in [0.2, 0.25) is 0 Å². The van der Waals surface area contributed by atoms with Gasteiger partial charge in [-0.2, -0.15) is 4.73 Å². The van der Waals surface area contributed by atoms with Gasteiger partial charge in [0.05, 0.1) is 12.7 Å². The minimum atomic E-state index is -0.657. The molecule has 1 aromatic heterocycles. The molecule has 0 saturated carbocycles. The maximum atomic E-state index is 11.7. The number of aromatic nitrogens is 1. The fourth-order valence-electron chi connectivity index (χ4n) is 2.06. The predicted molar refractivity (Wildman–Crippen MR) is 85.4 cm³/mol. The number of nitrogens with zero attached hydrogens (tertiary/aromatic N) is 1. The second-order valence-corrected chi connectivity index (χ2v) is 4.93. The monoisotopic (exact) mass is 330 g/mol. The number of ether oxygens (including phenoxy) is 2. The van der Waals surface area contributed by atoms with Crippen LogP contribution in [0.5, 0.6) is 5.75 Å². The SMILES string of the molecule is COc1ccccc1CCNC(=O)COC(=O)c1cc[n+]([O-])cc1. The number of rotatable bonds is 7. The Hall–Kier alpha value is -3.09. The van der Waals surface area contributed by atoms with Crippen LogP contribution in [0.4, 0.5) is 0 Å². The Bertz CT molecular complexity index is 700. The van der Waals surface area contributed by atoms with E-state index in [1.165, 1.54) is 24.5 Å². The molecule has 1 heterocycles. The molecule has 1 aromatic carbocycles. The van der Waals surface area contributed by atoms with E-state index in [2.05, 4.69) is 5.32 Å². The maximum absolute atomic E-state index is 11.7. The van der Waals surface area contributed by atoms with Crippen molar-refractivity contribution in [2.45, 2.75) is 6.42 Å². The summed E-state index contributed by atoms with van der Waals surface area (Å²) in [6.07, 6.45) is 2.97. The molecule has 0 atom stereocenters. The van der Waals surface area contributed by atoms with Crippen molar-refractivity contribution < 1.29 is 23.8 Å². The highest BCUT2D eigenvalue weighted by molar-refractivity contribution is 5.91. The molecule has 126 valence electrons. The molecule has 0 bridgehead atoms. The van der Waals surface area contributed by atoms with Crippen molar-refractivity contribution in [3.63, 3.8) is 0 Å². The van der Waals surface area contributed by atoms with Crippen molar-refractivity contribution in [2.75, 3.05) is 20.3 Å². The lowest BCUT2D eigenvalue weighted by atomic mass is 10.1. The molecule has 24 heavy (non-hydrogen) atoms. The van der Waals surface area contributed by atoms with Crippen molar-refractivity contribution >= 4 is 11.9 Å². The molecule has 0 aliphatic carbocycles. The molecule has 2 rings (SSSR count). The lowest BCUT2D eigenvalue weighted by Crippen LogP contribution is -2.30. The van der Waals surface area contributed by atoms with E-state index < -0.39 is 11.9 Å². The van der Waals surface area contributed by atoms with Gasteiger partial charge in [-0.05, 0) is 18.1 Å². The minimum Gasteiger partial charge on any atom is -0.619 e. The molecule has 0 fully saturated rings. The molecule has 1 amide bonds. The van der Waals surface area contributed by atoms with Crippen LogP contribution in [0.1, 0.15) is 15.9 Å². The van der Waals surface area contributed by atoms with Gasteiger partial charge in [-0.15, -0.1) is 0 Å². The Balaban J connectivity index is 1.73. The van der Waals surface area contributed by atoms with E-state index in [0.29, 0.717) is 17.7 Å². The van der Waals surface area contributed by atoms with Crippen LogP contribution < -0.4 is 14.8 Å². The molecule has 1 N–H and O–H groups in total. The largest absolute Gasteiger partial charge is 0.619 e. The van der Waals surface area contributed by atoms with Gasteiger partial charge < -0.3 is 20.0 Å². The molecule has 0 spiro atoms. The van der Waals surface area contributed by atoms with Crippen molar-refractivity contribution in [1.82, 2.24) is 5.32 Å². The van der Waals surface area contributed by atoms with Gasteiger partial charge in [-0.3, -0.25) is 4.79 Å². The summed E-state index contributed by atoms with van der Waals surface area (Å²) in [5, 5.41) is 13.6. The Morgan fingerprint density at radius 1 is 1.17 bits per heavy atom. The first-order valence-corrected chi connectivity index (χ1v) is 7.34. The molecule has 7 heteroatoms. The summed E-state index contributed by atoms with van der Waals surface area (Å²) in [6, 6.07) is 10.2. The van der Waals surface area contributed by atoms with Crippen LogP contribution in [-0.4, -0.2) is 32.1 Å². The van der Waals surface area contributed by atoms with Crippen LogP contribution in [0.3, 0.4) is 0 Å². The number of nitrogens with one attached hydrogen (secondary N) is 1. The van der Waals surface area contributed by atoms with E-state index in [4.69, 9.17) is 9.47 Å². The molecular formula is C17H18N2O5. The number of esters is 1. The van der Waals surface area contributed by atoms with Gasteiger partial charge in [0.15, 0.2) is 19.0 Å². The zero-order valence-electron chi connectivity index (χ0n) is 13.2. The molecule has 0 radical (unpaired) electrons. The third-order valence-electron chi connectivity index (χ3n) is 3.28. The summed E-state index contributed by atoms with van der Waals surface area (Å²) in [5.74, 6) is -0.290. The van der Waals surface area contributed by atoms with Gasteiger partial charge in [0.25, 0.3) is 5.91 Å². The Kier molecular flexibility index (Phi) is 6.13. The number of amides is 1. The first-order chi connectivity index (χ1) is 11.6. The van der Waals surface area contributed by atoms with E-state index in [-0.39, 0.29) is 12.2 Å². The van der Waals surface area contributed by atoms with Crippen molar-refractivity contribution in [3.05, 3.63) is 65.1 Å². The van der Waals surface area contributed by atoms with Gasteiger partial charge in [-0.25, -0.2) is 4.79 Å². The lowest BCUT2D eigenvalue weighted by Gasteiger charge is -2.09. The average molecular weight is 330 g/mol. The Labute approximate surface area is 139 Å². The topological polar surface area (TPSA) is 91.6 Å². The summed E-state index contributed by atoms with van der Waals surface area (Å²) < 4.78 is 10.7. The van der Waals surface area contributed by atoms with Crippen LogP contribution in [0.15, 0.2) is 48.8 Å². The van der Waals surface area contributed by atoms with Crippen LogP contribution >= 0.6 is 0 Å². The van der Waals surface area contributed by atoms with Crippen LogP contribution in [0.2, 0.25) is 0 Å². The van der Waals surface area contributed by atoms with Gasteiger partial charge in [0.1, 0.15) is 5.75 Å². The highest BCUT2D eigenvalue weighted by atomic mass is 16.5. The minimum absolute atomic E-state index is 0.212. The van der Waals surface area contributed by atoms with Gasteiger partial charge in [0, 0.05) is 18.7 Å². The van der Waals surface area contributed by atoms with E-state index >= 15 is 0 Å². The average Bonchev–Trinajstić information content (AvgIpc) is 2.60. The first kappa shape index (κ1) is 17.3. The second-order valence-electron chi connectivity index (χ2n) is 4.93. The third-order valence-corrected chi connectivity index (χ3v) is 3.28. The summed E-state index contributed by atoms with van der Waals surface area (Å²) in [4.78, 5) is 23.4. The zero-order chi connectivity index (χ0) is 17.4. The third kappa shape index (κ3) is 4.98. The van der Waals surface area contributed by atoms with Crippen molar-refractivity contribution in [1.29, 1.82) is 0 Å². The lowest BCUT2D eigenvalue weighted by molar-refractivity contribution is -0.605. The maximum Gasteiger partial charge on any atom is 0.339 e. The predicted octanol–water partition coefficient (Wildman–Crippen LogP) is 0.844. The number of benzene rings is 1. The Morgan fingerprint density at radius 3 is 2.58 bits per heavy atom. The summed E-state index contributed by atoms with van der Waals surface area (Å²) in [6.45, 7) is 0.0231. The van der Waals surface area contributed by atoms with E-state index in [0.717, 1.165) is 11.3 Å². The van der Waals surface area contributed by atoms with E-state index in [9.17, 15) is 14.8 Å². The van der Waals surface area contributed by atoms with Crippen LogP contribution in [0, 0.1) is 5.21 Å². The normalized spacial score (nSPS) is 10.0. The standard InChI is InChI=1S/C17H18N2O5/c1-23-15-5-3-2-4-13(15)6-9-18-16(20)12-24-17(21)14-7-10-19(22)11-8-14/h2-5,7-8,10-11H,6,9,12H2,1H3,(H,18,20). The quantitative estimate of drug-likeness (QED) is 0.461. The van der Waals surface area contributed by atoms with E-state index in [1.54, 1.807) is 7.11 Å². The number of carbonyl (C=O) groups is 2. The molecule has 0 aliphatic heterocycles. The van der Waals surface area contributed by atoms with Crippen LogP contribution in [-0.2, 0) is 16.0 Å². The van der Waals surface area contributed by atoms with Crippen molar-refractivity contribution in [2.24, 2.45) is 0 Å². The van der Waals surface area contributed by atoms with Crippen LogP contribution in [0.25, 0.3) is 0 Å². The first-order valence-electron chi connectivity index (χ1n) is 7.34. The summed E-state index contributed by atoms with van der Waals surface area (Å²) in [5.41, 5.74) is 1.19. The summed E-state index contributed by atoms with van der Waals surface area (Å²) >= 11 is 0. The zero-order valence-corrected chi connectivity index (χ0v) is 13.2. The molecule has 0 saturated heterocycles. The summed E-state index contributed by atoms with van der Waals surface area (Å²) in [7, 11) is 1.59. The number of para-hydroxylation sites is 1. The molecular weight excluding hydrogens is 312 g/mol. The van der Waals surface area contributed by atoms with E-state index in [1.807, 2.05) is 24.3 Å². The molecule has 0 unspecified atom stereocenters. The number of pyridine rings is 1. The van der Waals surface area contributed by atoms with Crippen molar-refractivity contribution in [3.8, 4) is 5.75 Å². The second kappa shape index (κ2) is 8.52. The fourth-order valence-corrected chi connectivity index (χ4v) is 2.06. The van der Waals surface area contributed by atoms with Gasteiger partial charge in [-0.1, -0.05) is 18.2 Å². The highest BCUT2D eigenvalue weighted by Crippen LogP contribution is 2.17. The number of hydrogen-bond donors (Lipinski definition) is 1. The number of carbonyl (C=O) groups excluding carboxylic acids is 2. The van der Waals surface area contributed by atoms with Gasteiger partial charge >= 0.3 is 5.97 Å². The molecule has 2 aromatic rings. The smallest absolute Gasteiger partial charge is 0.339 e. The number of hydrogen-bond acceptors (Lipinski definition) is 5. The number of methoxy groups -OCH3 is 1. The molecule has 0 aliphatic rings. The fraction of sp³-hybridized carbons (Fsp3) is 0.235. The highest BCUT2D eigenvalue weighted by Gasteiger charge is 2.11.